The number of ether oxygens (including phenoxy) is 1. The fourth-order valence-corrected chi connectivity index (χ4v) is 2.32. The molecule has 2 atom stereocenters. The lowest BCUT2D eigenvalue weighted by molar-refractivity contribution is 0.113. The number of imidazole rings is 1. The van der Waals surface area contributed by atoms with Crippen LogP contribution in [0, 0.1) is 0 Å². The highest BCUT2D eigenvalue weighted by molar-refractivity contribution is 5.74. The number of hydrogen-bond donors (Lipinski definition) is 2. The Labute approximate surface area is 100 Å². The number of aromatic amines is 1. The van der Waals surface area contributed by atoms with E-state index in [1.165, 1.54) is 0 Å². The lowest BCUT2D eigenvalue weighted by atomic mass is 10.1. The molecule has 4 nitrogen and oxygen atoms in total. The van der Waals surface area contributed by atoms with Crippen molar-refractivity contribution < 1.29 is 4.74 Å². The maximum absolute atomic E-state index is 5.52. The zero-order valence-corrected chi connectivity index (χ0v) is 9.94. The second-order valence-corrected chi connectivity index (χ2v) is 4.55. The molecule has 1 fully saturated rings. The number of nitrogens with zero attached hydrogens (tertiary/aromatic N) is 1. The third-order valence-electron chi connectivity index (χ3n) is 3.35. The average Bonchev–Trinajstić information content (AvgIpc) is 2.92. The van der Waals surface area contributed by atoms with Crippen LogP contribution in [-0.4, -0.2) is 28.7 Å². The van der Waals surface area contributed by atoms with E-state index in [9.17, 15) is 0 Å². The average molecular weight is 231 g/mol. The van der Waals surface area contributed by atoms with Crippen molar-refractivity contribution in [2.24, 2.45) is 0 Å². The predicted octanol–water partition coefficient (Wildman–Crippen LogP) is 1.83. The first-order valence-electron chi connectivity index (χ1n) is 6.11. The highest BCUT2D eigenvalue weighted by Crippen LogP contribution is 2.14. The Morgan fingerprint density at radius 1 is 1.47 bits per heavy atom. The summed E-state index contributed by atoms with van der Waals surface area (Å²) in [4.78, 5) is 7.86. The van der Waals surface area contributed by atoms with Gasteiger partial charge in [-0.15, -0.1) is 0 Å². The maximum Gasteiger partial charge on any atom is 0.121 e. The predicted molar refractivity (Wildman–Crippen MR) is 66.8 cm³/mol. The molecule has 1 aromatic carbocycles. The minimum atomic E-state index is 0.305. The summed E-state index contributed by atoms with van der Waals surface area (Å²) in [5.41, 5.74) is 2.13. The van der Waals surface area contributed by atoms with Crippen molar-refractivity contribution in [3.8, 4) is 0 Å². The minimum Gasteiger partial charge on any atom is -0.377 e. The monoisotopic (exact) mass is 231 g/mol. The van der Waals surface area contributed by atoms with Crippen molar-refractivity contribution in [2.45, 2.75) is 32.0 Å². The quantitative estimate of drug-likeness (QED) is 0.847. The molecule has 1 aliphatic heterocycles. The molecule has 1 aromatic heterocycles. The molecular weight excluding hydrogens is 214 g/mol. The van der Waals surface area contributed by atoms with Gasteiger partial charge in [-0.05, 0) is 25.5 Å². The second kappa shape index (κ2) is 4.47. The SMILES string of the molecule is CC1OCCC1NCc1nc2ccccc2[nH]1. The number of hydrogen-bond acceptors (Lipinski definition) is 3. The number of para-hydroxylation sites is 2. The Morgan fingerprint density at radius 2 is 2.35 bits per heavy atom. The Hall–Kier alpha value is -1.39. The molecule has 2 unspecified atom stereocenters. The van der Waals surface area contributed by atoms with Crippen LogP contribution in [0.3, 0.4) is 0 Å². The highest BCUT2D eigenvalue weighted by atomic mass is 16.5. The number of fused-ring (bicyclic) bond motifs is 1. The summed E-state index contributed by atoms with van der Waals surface area (Å²) in [6.07, 6.45) is 1.39. The largest absolute Gasteiger partial charge is 0.377 e. The standard InChI is InChI=1S/C13H17N3O/c1-9-10(6-7-17-9)14-8-13-15-11-4-2-3-5-12(11)16-13/h2-5,9-10,14H,6-8H2,1H3,(H,15,16). The third-order valence-corrected chi connectivity index (χ3v) is 3.35. The van der Waals surface area contributed by atoms with Gasteiger partial charge in [-0.1, -0.05) is 12.1 Å². The number of benzene rings is 1. The van der Waals surface area contributed by atoms with Gasteiger partial charge in [0.1, 0.15) is 5.82 Å². The molecule has 0 bridgehead atoms. The Balaban J connectivity index is 1.68. The first-order chi connectivity index (χ1) is 8.33. The van der Waals surface area contributed by atoms with Gasteiger partial charge < -0.3 is 15.0 Å². The fraction of sp³-hybridized carbons (Fsp3) is 0.462. The molecule has 0 saturated carbocycles. The molecule has 0 amide bonds. The van der Waals surface area contributed by atoms with Crippen molar-refractivity contribution in [3.05, 3.63) is 30.1 Å². The summed E-state index contributed by atoms with van der Waals surface area (Å²) in [5.74, 6) is 0.991. The van der Waals surface area contributed by atoms with Crippen LogP contribution < -0.4 is 5.32 Å². The van der Waals surface area contributed by atoms with Crippen LogP contribution in [0.1, 0.15) is 19.2 Å². The molecule has 2 aromatic rings. The zero-order valence-electron chi connectivity index (χ0n) is 9.94. The molecule has 3 rings (SSSR count). The molecule has 0 radical (unpaired) electrons. The molecule has 1 aliphatic rings. The van der Waals surface area contributed by atoms with E-state index in [0.29, 0.717) is 12.1 Å². The smallest absolute Gasteiger partial charge is 0.121 e. The summed E-state index contributed by atoms with van der Waals surface area (Å²) in [5, 5.41) is 3.49. The van der Waals surface area contributed by atoms with E-state index < -0.39 is 0 Å². The van der Waals surface area contributed by atoms with Crippen LogP contribution in [-0.2, 0) is 11.3 Å². The van der Waals surface area contributed by atoms with Gasteiger partial charge in [-0.25, -0.2) is 4.98 Å². The van der Waals surface area contributed by atoms with E-state index in [0.717, 1.165) is 36.4 Å². The number of nitrogens with one attached hydrogen (secondary N) is 2. The van der Waals surface area contributed by atoms with Crippen molar-refractivity contribution in [3.63, 3.8) is 0 Å². The summed E-state index contributed by atoms with van der Waals surface area (Å²) in [6.45, 7) is 3.75. The molecular formula is C13H17N3O. The lowest BCUT2D eigenvalue weighted by Gasteiger charge is -2.14. The number of rotatable bonds is 3. The van der Waals surface area contributed by atoms with E-state index in [4.69, 9.17) is 4.74 Å². The summed E-state index contributed by atoms with van der Waals surface area (Å²) < 4.78 is 5.52. The minimum absolute atomic E-state index is 0.305. The molecule has 90 valence electrons. The van der Waals surface area contributed by atoms with Crippen LogP contribution in [0.4, 0.5) is 0 Å². The molecule has 0 spiro atoms. The normalized spacial score (nSPS) is 24.5. The molecule has 17 heavy (non-hydrogen) atoms. The van der Waals surface area contributed by atoms with E-state index >= 15 is 0 Å². The van der Waals surface area contributed by atoms with Crippen molar-refractivity contribution in [1.29, 1.82) is 0 Å². The van der Waals surface area contributed by atoms with Crippen LogP contribution >= 0.6 is 0 Å². The van der Waals surface area contributed by atoms with Crippen LogP contribution in [0.2, 0.25) is 0 Å². The highest BCUT2D eigenvalue weighted by Gasteiger charge is 2.23. The van der Waals surface area contributed by atoms with Gasteiger partial charge in [0.25, 0.3) is 0 Å². The number of H-pyrrole nitrogens is 1. The molecule has 0 aliphatic carbocycles. The van der Waals surface area contributed by atoms with Crippen LogP contribution in [0.15, 0.2) is 24.3 Å². The Bertz CT molecular complexity index is 475. The van der Waals surface area contributed by atoms with Crippen molar-refractivity contribution in [1.82, 2.24) is 15.3 Å². The Morgan fingerprint density at radius 3 is 3.12 bits per heavy atom. The second-order valence-electron chi connectivity index (χ2n) is 4.55. The zero-order chi connectivity index (χ0) is 11.7. The summed E-state index contributed by atoms with van der Waals surface area (Å²) in [6, 6.07) is 8.55. The van der Waals surface area contributed by atoms with Gasteiger partial charge >= 0.3 is 0 Å². The van der Waals surface area contributed by atoms with Gasteiger partial charge in [0.15, 0.2) is 0 Å². The fourth-order valence-electron chi connectivity index (χ4n) is 2.32. The van der Waals surface area contributed by atoms with Gasteiger partial charge in [0.05, 0.1) is 23.7 Å². The van der Waals surface area contributed by atoms with Gasteiger partial charge in [0.2, 0.25) is 0 Å². The molecule has 4 heteroatoms. The molecule has 1 saturated heterocycles. The van der Waals surface area contributed by atoms with Gasteiger partial charge in [-0.2, -0.15) is 0 Å². The molecule has 2 N–H and O–H groups in total. The maximum atomic E-state index is 5.52. The lowest BCUT2D eigenvalue weighted by Crippen LogP contribution is -2.34. The van der Waals surface area contributed by atoms with Crippen LogP contribution in [0.5, 0.6) is 0 Å². The van der Waals surface area contributed by atoms with E-state index in [1.807, 2.05) is 24.3 Å². The van der Waals surface area contributed by atoms with E-state index in [1.54, 1.807) is 0 Å². The first-order valence-corrected chi connectivity index (χ1v) is 6.11. The van der Waals surface area contributed by atoms with Crippen molar-refractivity contribution >= 4 is 11.0 Å². The summed E-state index contributed by atoms with van der Waals surface area (Å²) in [7, 11) is 0. The van der Waals surface area contributed by atoms with Gasteiger partial charge in [-0.3, -0.25) is 0 Å². The van der Waals surface area contributed by atoms with E-state index in [2.05, 4.69) is 22.2 Å². The molecule has 2 heterocycles. The van der Waals surface area contributed by atoms with Crippen LogP contribution in [0.25, 0.3) is 11.0 Å². The Kier molecular flexibility index (Phi) is 2.82. The van der Waals surface area contributed by atoms with Gasteiger partial charge in [0, 0.05) is 12.6 Å². The third kappa shape index (κ3) is 2.18. The van der Waals surface area contributed by atoms with E-state index in [-0.39, 0.29) is 0 Å². The van der Waals surface area contributed by atoms with Crippen molar-refractivity contribution in [2.75, 3.05) is 6.61 Å². The number of aromatic nitrogens is 2. The topological polar surface area (TPSA) is 49.9 Å². The summed E-state index contributed by atoms with van der Waals surface area (Å²) >= 11 is 0. The first kappa shape index (κ1) is 10.7.